The van der Waals surface area contributed by atoms with Crippen LogP contribution in [0.25, 0.3) is 0 Å². The second kappa shape index (κ2) is 9.11. The van der Waals surface area contributed by atoms with Crippen LogP contribution in [0.5, 0.6) is 0 Å². The first-order chi connectivity index (χ1) is 13.8. The molecule has 6 nitrogen and oxygen atoms in total. The number of hydrogen-bond donors (Lipinski definition) is 2. The SMILES string of the molecule is Cc1nc(NCCNC(=O)c2ccc(C(F)(F)F)cc2)cc(N2CCCCC2)n1. The van der Waals surface area contributed by atoms with Crippen molar-refractivity contribution in [2.24, 2.45) is 0 Å². The third kappa shape index (κ3) is 5.82. The molecule has 0 aliphatic carbocycles. The molecular weight excluding hydrogens is 383 g/mol. The predicted molar refractivity (Wildman–Crippen MR) is 105 cm³/mol. The van der Waals surface area contributed by atoms with Crippen molar-refractivity contribution in [2.45, 2.75) is 32.4 Å². The van der Waals surface area contributed by atoms with Gasteiger partial charge in [0.1, 0.15) is 17.5 Å². The Bertz CT molecular complexity index is 833. The molecule has 1 aliphatic heterocycles. The summed E-state index contributed by atoms with van der Waals surface area (Å²) in [5.74, 6) is 1.83. The summed E-state index contributed by atoms with van der Waals surface area (Å²) in [7, 11) is 0. The van der Waals surface area contributed by atoms with Gasteiger partial charge in [-0.05, 0) is 50.5 Å². The van der Waals surface area contributed by atoms with Gasteiger partial charge in [-0.2, -0.15) is 13.2 Å². The minimum atomic E-state index is -4.42. The second-order valence-electron chi connectivity index (χ2n) is 6.96. The maximum Gasteiger partial charge on any atom is 0.416 e. The number of piperidine rings is 1. The second-order valence-corrected chi connectivity index (χ2v) is 6.96. The molecule has 3 rings (SSSR count). The Labute approximate surface area is 167 Å². The number of carbonyl (C=O) groups excluding carboxylic acids is 1. The number of nitrogens with one attached hydrogen (secondary N) is 2. The number of hydrogen-bond acceptors (Lipinski definition) is 5. The van der Waals surface area contributed by atoms with E-state index in [1.807, 2.05) is 13.0 Å². The topological polar surface area (TPSA) is 70.2 Å². The zero-order valence-electron chi connectivity index (χ0n) is 16.2. The Hall–Kier alpha value is -2.84. The molecule has 0 bridgehead atoms. The van der Waals surface area contributed by atoms with Crippen LogP contribution in [0.2, 0.25) is 0 Å². The van der Waals surface area contributed by atoms with E-state index in [1.54, 1.807) is 0 Å². The fourth-order valence-electron chi connectivity index (χ4n) is 3.21. The van der Waals surface area contributed by atoms with Gasteiger partial charge in [0.05, 0.1) is 5.56 Å². The van der Waals surface area contributed by atoms with Crippen molar-refractivity contribution in [1.29, 1.82) is 0 Å². The van der Waals surface area contributed by atoms with Crippen LogP contribution in [-0.4, -0.2) is 42.1 Å². The quantitative estimate of drug-likeness (QED) is 0.716. The number of amides is 1. The van der Waals surface area contributed by atoms with Gasteiger partial charge in [0, 0.05) is 37.8 Å². The van der Waals surface area contributed by atoms with Gasteiger partial charge in [-0.25, -0.2) is 9.97 Å². The number of anilines is 2. The number of rotatable bonds is 6. The summed E-state index contributed by atoms with van der Waals surface area (Å²) in [5, 5.41) is 5.84. The number of benzene rings is 1. The predicted octanol–water partition coefficient (Wildman–Crippen LogP) is 3.64. The van der Waals surface area contributed by atoms with Crippen LogP contribution in [0.15, 0.2) is 30.3 Å². The molecule has 29 heavy (non-hydrogen) atoms. The van der Waals surface area contributed by atoms with Crippen LogP contribution in [0.3, 0.4) is 0 Å². The van der Waals surface area contributed by atoms with Crippen molar-refractivity contribution in [2.75, 3.05) is 36.4 Å². The van der Waals surface area contributed by atoms with Crippen molar-refractivity contribution in [3.8, 4) is 0 Å². The number of alkyl halides is 3. The van der Waals surface area contributed by atoms with E-state index in [-0.39, 0.29) is 5.56 Å². The third-order valence-corrected chi connectivity index (χ3v) is 4.70. The Balaban J connectivity index is 1.50. The molecule has 0 radical (unpaired) electrons. The lowest BCUT2D eigenvalue weighted by molar-refractivity contribution is -0.137. The highest BCUT2D eigenvalue weighted by atomic mass is 19.4. The van der Waals surface area contributed by atoms with Crippen molar-refractivity contribution in [1.82, 2.24) is 15.3 Å². The molecule has 156 valence electrons. The van der Waals surface area contributed by atoms with Crippen molar-refractivity contribution in [3.63, 3.8) is 0 Å². The van der Waals surface area contributed by atoms with Gasteiger partial charge in [-0.3, -0.25) is 4.79 Å². The molecule has 1 amide bonds. The average molecular weight is 407 g/mol. The Morgan fingerprint density at radius 3 is 2.41 bits per heavy atom. The highest BCUT2D eigenvalue weighted by Gasteiger charge is 2.30. The summed E-state index contributed by atoms with van der Waals surface area (Å²) >= 11 is 0. The molecular formula is C20H24F3N5O. The standard InChI is InChI=1S/C20H24F3N5O/c1-14-26-17(13-18(27-14)28-11-3-2-4-12-28)24-9-10-25-19(29)15-5-7-16(8-6-15)20(21,22)23/h5-8,13H,2-4,9-12H2,1H3,(H,25,29)(H,24,26,27). The highest BCUT2D eigenvalue weighted by Crippen LogP contribution is 2.29. The lowest BCUT2D eigenvalue weighted by Gasteiger charge is -2.28. The fraction of sp³-hybridized carbons (Fsp3) is 0.450. The highest BCUT2D eigenvalue weighted by molar-refractivity contribution is 5.94. The molecule has 1 aromatic heterocycles. The first kappa shape index (κ1) is 20.9. The minimum absolute atomic E-state index is 0.184. The van der Waals surface area contributed by atoms with Gasteiger partial charge in [0.25, 0.3) is 5.91 Å². The molecule has 1 aromatic carbocycles. The van der Waals surface area contributed by atoms with E-state index < -0.39 is 17.6 Å². The van der Waals surface area contributed by atoms with Gasteiger partial charge in [-0.1, -0.05) is 0 Å². The van der Waals surface area contributed by atoms with Gasteiger partial charge in [0.15, 0.2) is 0 Å². The number of nitrogens with zero attached hydrogens (tertiary/aromatic N) is 3. The smallest absolute Gasteiger partial charge is 0.368 e. The first-order valence-corrected chi connectivity index (χ1v) is 9.63. The van der Waals surface area contributed by atoms with Gasteiger partial charge in [0.2, 0.25) is 0 Å². The molecule has 1 saturated heterocycles. The van der Waals surface area contributed by atoms with Crippen molar-refractivity contribution < 1.29 is 18.0 Å². The molecule has 9 heteroatoms. The van der Waals surface area contributed by atoms with Gasteiger partial charge < -0.3 is 15.5 Å². The Morgan fingerprint density at radius 1 is 1.07 bits per heavy atom. The van der Waals surface area contributed by atoms with Gasteiger partial charge >= 0.3 is 6.18 Å². The summed E-state index contributed by atoms with van der Waals surface area (Å²) in [6.45, 7) is 4.55. The van der Waals surface area contributed by atoms with Crippen LogP contribution < -0.4 is 15.5 Å². The molecule has 2 heterocycles. The molecule has 0 atom stereocenters. The number of halogens is 3. The molecule has 0 unspecified atom stereocenters. The molecule has 0 spiro atoms. The lowest BCUT2D eigenvalue weighted by Crippen LogP contribution is -2.31. The monoisotopic (exact) mass is 407 g/mol. The van der Waals surface area contributed by atoms with E-state index in [9.17, 15) is 18.0 Å². The fourth-order valence-corrected chi connectivity index (χ4v) is 3.21. The zero-order valence-corrected chi connectivity index (χ0v) is 16.2. The maximum atomic E-state index is 12.6. The molecule has 2 N–H and O–H groups in total. The lowest BCUT2D eigenvalue weighted by atomic mass is 10.1. The van der Waals surface area contributed by atoms with Crippen LogP contribution >= 0.6 is 0 Å². The zero-order chi connectivity index (χ0) is 20.9. The first-order valence-electron chi connectivity index (χ1n) is 9.63. The number of aromatic nitrogens is 2. The van der Waals surface area contributed by atoms with E-state index in [1.165, 1.54) is 18.6 Å². The summed E-state index contributed by atoms with van der Waals surface area (Å²) in [4.78, 5) is 23.2. The molecule has 0 saturated carbocycles. The van der Waals surface area contributed by atoms with E-state index in [2.05, 4.69) is 25.5 Å². The van der Waals surface area contributed by atoms with Gasteiger partial charge in [-0.15, -0.1) is 0 Å². The third-order valence-electron chi connectivity index (χ3n) is 4.70. The largest absolute Gasteiger partial charge is 0.416 e. The average Bonchev–Trinajstić information content (AvgIpc) is 2.71. The Morgan fingerprint density at radius 2 is 1.76 bits per heavy atom. The number of carbonyl (C=O) groups is 1. The summed E-state index contributed by atoms with van der Waals surface area (Å²) in [6, 6.07) is 6.04. The molecule has 1 aliphatic rings. The van der Waals surface area contributed by atoms with Crippen molar-refractivity contribution >= 4 is 17.5 Å². The summed E-state index contributed by atoms with van der Waals surface area (Å²) in [5.41, 5.74) is -0.595. The van der Waals surface area contributed by atoms with Crippen LogP contribution in [0.1, 0.15) is 41.0 Å². The maximum absolute atomic E-state index is 12.6. The molecule has 1 fully saturated rings. The minimum Gasteiger partial charge on any atom is -0.368 e. The van der Waals surface area contributed by atoms with E-state index in [0.29, 0.717) is 24.7 Å². The Kier molecular flexibility index (Phi) is 6.56. The number of aryl methyl sites for hydroxylation is 1. The van der Waals surface area contributed by atoms with E-state index in [0.717, 1.165) is 43.9 Å². The molecule has 2 aromatic rings. The van der Waals surface area contributed by atoms with Crippen LogP contribution in [0, 0.1) is 6.92 Å². The summed E-state index contributed by atoms with van der Waals surface area (Å²) < 4.78 is 37.8. The summed E-state index contributed by atoms with van der Waals surface area (Å²) in [6.07, 6.45) is -0.866. The van der Waals surface area contributed by atoms with Crippen LogP contribution in [0.4, 0.5) is 24.8 Å². The van der Waals surface area contributed by atoms with Crippen molar-refractivity contribution in [3.05, 3.63) is 47.3 Å². The van der Waals surface area contributed by atoms with E-state index >= 15 is 0 Å². The van der Waals surface area contributed by atoms with Crippen LogP contribution in [-0.2, 0) is 6.18 Å². The normalized spacial score (nSPS) is 14.6. The van der Waals surface area contributed by atoms with E-state index in [4.69, 9.17) is 0 Å².